The van der Waals surface area contributed by atoms with E-state index in [9.17, 15) is 4.79 Å². The molecule has 1 aromatic heterocycles. The van der Waals surface area contributed by atoms with Crippen molar-refractivity contribution < 1.29 is 9.53 Å². The van der Waals surface area contributed by atoms with Gasteiger partial charge in [-0.25, -0.2) is 0 Å². The van der Waals surface area contributed by atoms with Gasteiger partial charge in [0.05, 0.1) is 13.0 Å². The van der Waals surface area contributed by atoms with Gasteiger partial charge in [-0.1, -0.05) is 12.8 Å². The highest BCUT2D eigenvalue weighted by atomic mass is 16.5. The highest BCUT2D eigenvalue weighted by Gasteiger charge is 2.37. The van der Waals surface area contributed by atoms with Crippen molar-refractivity contribution >= 4 is 11.6 Å². The smallest absolute Gasteiger partial charge is 0.229 e. The lowest BCUT2D eigenvalue weighted by atomic mass is 9.74. The van der Waals surface area contributed by atoms with Gasteiger partial charge in [0.25, 0.3) is 0 Å². The van der Waals surface area contributed by atoms with Gasteiger partial charge < -0.3 is 15.8 Å². The lowest BCUT2D eigenvalue weighted by Crippen LogP contribution is -2.51. The molecule has 0 saturated heterocycles. The number of anilines is 1. The molecule has 1 aliphatic rings. The number of carbonyl (C=O) groups excluding carboxylic acids is 1. The number of hydrogen-bond donors (Lipinski definition) is 2. The maximum atomic E-state index is 12.7. The average molecular weight is 344 g/mol. The molecule has 0 bridgehead atoms. The number of amides is 1. The topological polar surface area (TPSA) is 108 Å². The SMILES string of the molecule is COc1ccc(NC(=O)C2CCCCC2(C)N)cc1-n1nnnc1C. The van der Waals surface area contributed by atoms with Crippen molar-refractivity contribution in [2.45, 2.75) is 45.1 Å². The summed E-state index contributed by atoms with van der Waals surface area (Å²) in [6.07, 6.45) is 3.78. The van der Waals surface area contributed by atoms with Crippen molar-refractivity contribution in [3.63, 3.8) is 0 Å². The molecule has 1 aliphatic carbocycles. The van der Waals surface area contributed by atoms with E-state index in [-0.39, 0.29) is 11.8 Å². The molecule has 8 heteroatoms. The largest absolute Gasteiger partial charge is 0.494 e. The number of rotatable bonds is 4. The van der Waals surface area contributed by atoms with Gasteiger partial charge in [-0.05, 0) is 55.3 Å². The summed E-state index contributed by atoms with van der Waals surface area (Å²) in [5.74, 6) is 1.01. The van der Waals surface area contributed by atoms with E-state index in [1.165, 1.54) is 0 Å². The second-order valence-corrected chi connectivity index (χ2v) is 6.82. The Morgan fingerprint density at radius 3 is 2.88 bits per heavy atom. The van der Waals surface area contributed by atoms with E-state index < -0.39 is 5.54 Å². The third-order valence-electron chi connectivity index (χ3n) is 4.87. The minimum Gasteiger partial charge on any atom is -0.494 e. The van der Waals surface area contributed by atoms with Crippen LogP contribution in [0.25, 0.3) is 5.69 Å². The van der Waals surface area contributed by atoms with Gasteiger partial charge in [0, 0.05) is 11.2 Å². The molecular weight excluding hydrogens is 320 g/mol. The molecule has 2 atom stereocenters. The fourth-order valence-electron chi connectivity index (χ4n) is 3.41. The van der Waals surface area contributed by atoms with Gasteiger partial charge in [-0.15, -0.1) is 5.10 Å². The Hall–Kier alpha value is -2.48. The zero-order valence-electron chi connectivity index (χ0n) is 14.8. The number of hydrogen-bond acceptors (Lipinski definition) is 6. The molecule has 1 saturated carbocycles. The monoisotopic (exact) mass is 344 g/mol. The van der Waals surface area contributed by atoms with Crippen LogP contribution in [0, 0.1) is 12.8 Å². The lowest BCUT2D eigenvalue weighted by Gasteiger charge is -2.37. The fourth-order valence-corrected chi connectivity index (χ4v) is 3.41. The Balaban J connectivity index is 1.86. The molecule has 25 heavy (non-hydrogen) atoms. The first-order valence-electron chi connectivity index (χ1n) is 8.45. The van der Waals surface area contributed by atoms with Crippen LogP contribution in [0.5, 0.6) is 5.75 Å². The van der Waals surface area contributed by atoms with Gasteiger partial charge in [0.15, 0.2) is 5.82 Å². The van der Waals surface area contributed by atoms with Gasteiger partial charge in [-0.2, -0.15) is 4.68 Å². The summed E-state index contributed by atoms with van der Waals surface area (Å²) >= 11 is 0. The molecule has 134 valence electrons. The van der Waals surface area contributed by atoms with Crippen LogP contribution in [0.15, 0.2) is 18.2 Å². The van der Waals surface area contributed by atoms with E-state index in [4.69, 9.17) is 10.5 Å². The summed E-state index contributed by atoms with van der Waals surface area (Å²) < 4.78 is 6.96. The summed E-state index contributed by atoms with van der Waals surface area (Å²) in [6, 6.07) is 5.39. The molecule has 0 radical (unpaired) electrons. The Kier molecular flexibility index (Phi) is 4.71. The minimum atomic E-state index is -0.468. The van der Waals surface area contributed by atoms with Crippen LogP contribution < -0.4 is 15.8 Å². The summed E-state index contributed by atoms with van der Waals surface area (Å²) in [5, 5.41) is 14.5. The normalized spacial score (nSPS) is 23.3. The van der Waals surface area contributed by atoms with Gasteiger partial charge >= 0.3 is 0 Å². The lowest BCUT2D eigenvalue weighted by molar-refractivity contribution is -0.122. The Morgan fingerprint density at radius 2 is 2.24 bits per heavy atom. The van der Waals surface area contributed by atoms with Crippen LogP contribution in [-0.4, -0.2) is 38.8 Å². The number of aromatic nitrogens is 4. The Morgan fingerprint density at radius 1 is 1.44 bits per heavy atom. The molecule has 1 fully saturated rings. The number of nitrogens with one attached hydrogen (secondary N) is 1. The van der Waals surface area contributed by atoms with Crippen molar-refractivity contribution in [2.24, 2.45) is 11.7 Å². The highest BCUT2D eigenvalue weighted by molar-refractivity contribution is 5.94. The fraction of sp³-hybridized carbons (Fsp3) is 0.529. The van der Waals surface area contributed by atoms with Crippen LogP contribution in [0.1, 0.15) is 38.4 Å². The second-order valence-electron chi connectivity index (χ2n) is 6.82. The third kappa shape index (κ3) is 3.48. The quantitative estimate of drug-likeness (QED) is 0.876. The Bertz CT molecular complexity index is 770. The number of methoxy groups -OCH3 is 1. The van der Waals surface area contributed by atoms with E-state index in [0.717, 1.165) is 25.7 Å². The molecule has 0 spiro atoms. The van der Waals surface area contributed by atoms with Crippen LogP contribution in [-0.2, 0) is 4.79 Å². The molecule has 1 heterocycles. The Labute approximate surface area is 146 Å². The number of tetrazole rings is 1. The molecule has 2 aromatic rings. The molecule has 1 aromatic carbocycles. The minimum absolute atomic E-state index is 0.0470. The molecule has 8 nitrogen and oxygen atoms in total. The summed E-state index contributed by atoms with van der Waals surface area (Å²) in [6.45, 7) is 3.76. The number of nitrogens with two attached hydrogens (primary N) is 1. The number of ether oxygens (including phenoxy) is 1. The maximum Gasteiger partial charge on any atom is 0.229 e. The number of carbonyl (C=O) groups is 1. The van der Waals surface area contributed by atoms with Crippen molar-refractivity contribution in [3.8, 4) is 11.4 Å². The number of nitrogens with zero attached hydrogens (tertiary/aromatic N) is 4. The number of benzene rings is 1. The van der Waals surface area contributed by atoms with Gasteiger partial charge in [0.2, 0.25) is 5.91 Å². The van der Waals surface area contributed by atoms with Crippen LogP contribution in [0.2, 0.25) is 0 Å². The van der Waals surface area contributed by atoms with Gasteiger partial charge in [-0.3, -0.25) is 4.79 Å². The second kappa shape index (κ2) is 6.79. The van der Waals surface area contributed by atoms with Crippen LogP contribution >= 0.6 is 0 Å². The van der Waals surface area contributed by atoms with Crippen molar-refractivity contribution in [1.82, 2.24) is 20.2 Å². The van der Waals surface area contributed by atoms with Crippen LogP contribution in [0.4, 0.5) is 5.69 Å². The van der Waals surface area contributed by atoms with E-state index in [2.05, 4.69) is 20.8 Å². The maximum absolute atomic E-state index is 12.7. The van der Waals surface area contributed by atoms with Crippen molar-refractivity contribution in [1.29, 1.82) is 0 Å². The van der Waals surface area contributed by atoms with E-state index in [1.807, 2.05) is 6.92 Å². The molecule has 0 aliphatic heterocycles. The van der Waals surface area contributed by atoms with Crippen molar-refractivity contribution in [2.75, 3.05) is 12.4 Å². The molecule has 3 N–H and O–H groups in total. The van der Waals surface area contributed by atoms with E-state index in [1.54, 1.807) is 36.9 Å². The average Bonchev–Trinajstić information content (AvgIpc) is 3.00. The summed E-state index contributed by atoms with van der Waals surface area (Å²) in [4.78, 5) is 12.7. The first kappa shape index (κ1) is 17.3. The first-order chi connectivity index (χ1) is 11.9. The van der Waals surface area contributed by atoms with E-state index >= 15 is 0 Å². The summed E-state index contributed by atoms with van der Waals surface area (Å²) in [7, 11) is 1.58. The van der Waals surface area contributed by atoms with E-state index in [0.29, 0.717) is 22.9 Å². The van der Waals surface area contributed by atoms with Crippen molar-refractivity contribution in [3.05, 3.63) is 24.0 Å². The van der Waals surface area contributed by atoms with Gasteiger partial charge in [0.1, 0.15) is 11.4 Å². The predicted molar refractivity (Wildman–Crippen MR) is 93.6 cm³/mol. The van der Waals surface area contributed by atoms with Crippen LogP contribution in [0.3, 0.4) is 0 Å². The molecular formula is C17H24N6O2. The third-order valence-corrected chi connectivity index (χ3v) is 4.87. The highest BCUT2D eigenvalue weighted by Crippen LogP contribution is 2.33. The summed E-state index contributed by atoms with van der Waals surface area (Å²) in [5.41, 5.74) is 7.20. The zero-order chi connectivity index (χ0) is 18.0. The molecule has 3 rings (SSSR count). The standard InChI is InChI=1S/C17H24N6O2/c1-11-20-21-22-23(11)14-10-12(7-8-15(14)25-3)19-16(24)13-6-4-5-9-17(13,2)18/h7-8,10,13H,4-6,9,18H2,1-3H3,(H,19,24). The predicted octanol–water partition coefficient (Wildman–Crippen LogP) is 1.83. The molecule has 1 amide bonds. The molecule has 2 unspecified atom stereocenters. The number of aryl methyl sites for hydroxylation is 1. The zero-order valence-corrected chi connectivity index (χ0v) is 14.8. The first-order valence-corrected chi connectivity index (χ1v) is 8.45.